The van der Waals surface area contributed by atoms with Crippen molar-refractivity contribution in [1.29, 1.82) is 0 Å². The van der Waals surface area contributed by atoms with Crippen LogP contribution >= 0.6 is 11.6 Å². The molecule has 0 bridgehead atoms. The Morgan fingerprint density at radius 1 is 1.17 bits per heavy atom. The fraction of sp³-hybridized carbons (Fsp3) is 0.435. The Hall–Kier alpha value is -2.24. The number of hydrogen-bond donors (Lipinski definition) is 1. The molecule has 0 saturated carbocycles. The van der Waals surface area contributed by atoms with Crippen LogP contribution in [0.4, 0.5) is 0 Å². The summed E-state index contributed by atoms with van der Waals surface area (Å²) in [7, 11) is 0. The number of aliphatic hydroxyl groups is 1. The van der Waals surface area contributed by atoms with Gasteiger partial charge in [0.25, 0.3) is 0 Å². The van der Waals surface area contributed by atoms with Gasteiger partial charge in [-0.15, -0.1) is 0 Å². The maximum absolute atomic E-state index is 12.5. The van der Waals surface area contributed by atoms with Gasteiger partial charge in [-0.2, -0.15) is 0 Å². The second-order valence-electron chi connectivity index (χ2n) is 8.22. The largest absolute Gasteiger partial charge is 0.385 e. The number of Topliss-reactive ketones (excluding diaryl/α,β-unsaturated/α-hetero) is 1. The zero-order valence-corrected chi connectivity index (χ0v) is 18.0. The third-order valence-electron chi connectivity index (χ3n) is 4.98. The number of nitrogens with zero attached hydrogens (tertiary/aromatic N) is 3. The maximum atomic E-state index is 12.5. The van der Waals surface area contributed by atoms with Crippen LogP contribution in [0.25, 0.3) is 11.2 Å². The quantitative estimate of drug-likeness (QED) is 0.505. The first-order valence-electron chi connectivity index (χ1n) is 10.1. The first-order valence-corrected chi connectivity index (χ1v) is 10.5. The predicted molar refractivity (Wildman–Crippen MR) is 116 cm³/mol. The fourth-order valence-corrected chi connectivity index (χ4v) is 3.73. The summed E-state index contributed by atoms with van der Waals surface area (Å²) >= 11 is 6.07. The summed E-state index contributed by atoms with van der Waals surface area (Å²) in [5.41, 5.74) is 1.22. The topological polar surface area (TPSA) is 68.0 Å². The molecule has 3 aromatic rings. The van der Waals surface area contributed by atoms with Crippen molar-refractivity contribution in [2.45, 2.75) is 58.6 Å². The standard InChI is InChI=1S/C23H28ClN3O2/c1-16(2)15-27-21(25-19-12-13-20(24)26-22(19)27)11-7-10-18(28)14-23(3,29)17-8-5-4-6-9-17/h4-6,8-9,12-13,16,29H,7,10-11,14-15H2,1-3H3. The van der Waals surface area contributed by atoms with Crippen LogP contribution in [-0.4, -0.2) is 25.4 Å². The van der Waals surface area contributed by atoms with E-state index in [4.69, 9.17) is 16.6 Å². The van der Waals surface area contributed by atoms with Crippen molar-refractivity contribution < 1.29 is 9.90 Å². The van der Waals surface area contributed by atoms with Crippen LogP contribution in [-0.2, 0) is 23.4 Å². The number of carbonyl (C=O) groups is 1. The Morgan fingerprint density at radius 2 is 1.90 bits per heavy atom. The van der Waals surface area contributed by atoms with Gasteiger partial charge in [-0.05, 0) is 37.0 Å². The van der Waals surface area contributed by atoms with Crippen molar-refractivity contribution in [3.8, 4) is 0 Å². The molecular formula is C23H28ClN3O2. The van der Waals surface area contributed by atoms with Crippen molar-refractivity contribution >= 4 is 28.5 Å². The molecular weight excluding hydrogens is 386 g/mol. The molecule has 0 spiro atoms. The van der Waals surface area contributed by atoms with Gasteiger partial charge in [0.05, 0.1) is 5.60 Å². The highest BCUT2D eigenvalue weighted by molar-refractivity contribution is 6.29. The highest BCUT2D eigenvalue weighted by atomic mass is 35.5. The third kappa shape index (κ3) is 5.43. The number of pyridine rings is 1. The highest BCUT2D eigenvalue weighted by Gasteiger charge is 2.26. The Kier molecular flexibility index (Phi) is 6.70. The van der Waals surface area contributed by atoms with Crippen LogP contribution in [0.5, 0.6) is 0 Å². The van der Waals surface area contributed by atoms with Crippen molar-refractivity contribution in [3.63, 3.8) is 0 Å². The van der Waals surface area contributed by atoms with E-state index in [9.17, 15) is 9.90 Å². The molecule has 3 rings (SSSR count). The Morgan fingerprint density at radius 3 is 2.59 bits per heavy atom. The minimum atomic E-state index is -1.15. The molecule has 29 heavy (non-hydrogen) atoms. The number of fused-ring (bicyclic) bond motifs is 1. The second-order valence-corrected chi connectivity index (χ2v) is 8.61. The zero-order valence-electron chi connectivity index (χ0n) is 17.2. The van der Waals surface area contributed by atoms with Crippen molar-refractivity contribution in [2.75, 3.05) is 0 Å². The van der Waals surface area contributed by atoms with E-state index in [0.29, 0.717) is 30.3 Å². The van der Waals surface area contributed by atoms with Gasteiger partial charge in [0.2, 0.25) is 0 Å². The minimum absolute atomic E-state index is 0.0477. The summed E-state index contributed by atoms with van der Waals surface area (Å²) in [6.07, 6.45) is 1.87. The van der Waals surface area contributed by atoms with Gasteiger partial charge in [0.15, 0.2) is 5.65 Å². The molecule has 0 fully saturated rings. The van der Waals surface area contributed by atoms with E-state index in [0.717, 1.165) is 29.1 Å². The number of imidazole rings is 1. The molecule has 1 atom stereocenters. The molecule has 1 aromatic carbocycles. The number of aromatic nitrogens is 3. The fourth-order valence-electron chi connectivity index (χ4n) is 3.59. The Labute approximate surface area is 176 Å². The molecule has 0 radical (unpaired) electrons. The van der Waals surface area contributed by atoms with Crippen LogP contribution in [0.2, 0.25) is 5.15 Å². The molecule has 0 aliphatic heterocycles. The van der Waals surface area contributed by atoms with Gasteiger partial charge in [0.1, 0.15) is 22.3 Å². The lowest BCUT2D eigenvalue weighted by atomic mass is 9.89. The zero-order chi connectivity index (χ0) is 21.0. The van der Waals surface area contributed by atoms with Gasteiger partial charge < -0.3 is 9.67 Å². The lowest BCUT2D eigenvalue weighted by Crippen LogP contribution is -2.25. The van der Waals surface area contributed by atoms with Crippen molar-refractivity contribution in [2.24, 2.45) is 5.92 Å². The highest BCUT2D eigenvalue weighted by Crippen LogP contribution is 2.26. The SMILES string of the molecule is CC(C)Cn1c(CCCC(=O)CC(C)(O)c2ccccc2)nc2ccc(Cl)nc21. The second kappa shape index (κ2) is 9.06. The molecule has 2 aromatic heterocycles. The molecule has 0 amide bonds. The van der Waals surface area contributed by atoms with E-state index >= 15 is 0 Å². The molecule has 1 N–H and O–H groups in total. The van der Waals surface area contributed by atoms with Crippen molar-refractivity contribution in [1.82, 2.24) is 14.5 Å². The lowest BCUT2D eigenvalue weighted by molar-refractivity contribution is -0.123. The number of benzene rings is 1. The van der Waals surface area contributed by atoms with Crippen LogP contribution in [0.1, 0.15) is 51.4 Å². The molecule has 0 saturated heterocycles. The molecule has 1 unspecified atom stereocenters. The van der Waals surface area contributed by atoms with Crippen LogP contribution in [0.3, 0.4) is 0 Å². The smallest absolute Gasteiger partial charge is 0.161 e. The monoisotopic (exact) mass is 413 g/mol. The maximum Gasteiger partial charge on any atom is 0.161 e. The summed E-state index contributed by atoms with van der Waals surface area (Å²) in [4.78, 5) is 21.6. The normalized spacial score (nSPS) is 13.7. The van der Waals surface area contributed by atoms with Gasteiger partial charge >= 0.3 is 0 Å². The number of ketones is 1. The van der Waals surface area contributed by atoms with E-state index < -0.39 is 5.60 Å². The summed E-state index contributed by atoms with van der Waals surface area (Å²) < 4.78 is 2.11. The van der Waals surface area contributed by atoms with E-state index in [1.165, 1.54) is 0 Å². The number of hydrogen-bond acceptors (Lipinski definition) is 4. The molecule has 5 nitrogen and oxygen atoms in total. The third-order valence-corrected chi connectivity index (χ3v) is 5.19. The average molecular weight is 414 g/mol. The van der Waals surface area contributed by atoms with E-state index in [1.54, 1.807) is 13.0 Å². The van der Waals surface area contributed by atoms with Crippen LogP contribution < -0.4 is 0 Å². The summed E-state index contributed by atoms with van der Waals surface area (Å²) in [6.45, 7) is 6.79. The van der Waals surface area contributed by atoms with Crippen LogP contribution in [0, 0.1) is 5.92 Å². The molecule has 154 valence electrons. The van der Waals surface area contributed by atoms with E-state index in [2.05, 4.69) is 23.4 Å². The summed E-state index contributed by atoms with van der Waals surface area (Å²) in [5.74, 6) is 1.41. The van der Waals surface area contributed by atoms with Gasteiger partial charge in [-0.1, -0.05) is 55.8 Å². The van der Waals surface area contributed by atoms with E-state index in [-0.39, 0.29) is 12.2 Å². The van der Waals surface area contributed by atoms with Gasteiger partial charge in [0, 0.05) is 25.8 Å². The minimum Gasteiger partial charge on any atom is -0.385 e. The number of carbonyl (C=O) groups excluding carboxylic acids is 1. The summed E-state index contributed by atoms with van der Waals surface area (Å²) in [6, 6.07) is 13.0. The molecule has 0 aliphatic carbocycles. The van der Waals surface area contributed by atoms with E-state index in [1.807, 2.05) is 36.4 Å². The number of aryl methyl sites for hydroxylation is 1. The van der Waals surface area contributed by atoms with Crippen molar-refractivity contribution in [3.05, 3.63) is 59.0 Å². The molecule has 0 aliphatic rings. The number of halogens is 1. The predicted octanol–water partition coefficient (Wildman–Crippen LogP) is 4.93. The van der Waals surface area contributed by atoms with Gasteiger partial charge in [-0.3, -0.25) is 4.79 Å². The molecule has 6 heteroatoms. The summed E-state index contributed by atoms with van der Waals surface area (Å²) in [5, 5.41) is 11.1. The first kappa shape index (κ1) is 21.5. The first-order chi connectivity index (χ1) is 13.8. The lowest BCUT2D eigenvalue weighted by Gasteiger charge is -2.23. The molecule has 2 heterocycles. The number of rotatable bonds is 9. The Balaban J connectivity index is 1.65. The Bertz CT molecular complexity index is 980. The van der Waals surface area contributed by atoms with Crippen LogP contribution in [0.15, 0.2) is 42.5 Å². The van der Waals surface area contributed by atoms with Gasteiger partial charge in [-0.25, -0.2) is 9.97 Å². The average Bonchev–Trinajstić information content (AvgIpc) is 2.98.